The van der Waals surface area contributed by atoms with Gasteiger partial charge in [0.15, 0.2) is 0 Å². The SMILES string of the molecule is CCC(CC)(COC)OC(=O)c1ccccc1. The Morgan fingerprint density at radius 3 is 2.24 bits per heavy atom. The van der Waals surface area contributed by atoms with Crippen molar-refractivity contribution in [1.29, 1.82) is 0 Å². The molecule has 17 heavy (non-hydrogen) atoms. The summed E-state index contributed by atoms with van der Waals surface area (Å²) in [5.74, 6) is -0.286. The van der Waals surface area contributed by atoms with E-state index < -0.39 is 5.60 Å². The smallest absolute Gasteiger partial charge is 0.338 e. The van der Waals surface area contributed by atoms with Crippen LogP contribution >= 0.6 is 0 Å². The molecule has 3 nitrogen and oxygen atoms in total. The highest BCUT2D eigenvalue weighted by Crippen LogP contribution is 2.22. The maximum Gasteiger partial charge on any atom is 0.338 e. The Bertz CT molecular complexity index is 342. The van der Waals surface area contributed by atoms with Gasteiger partial charge in [0.25, 0.3) is 0 Å². The molecule has 0 aromatic heterocycles. The quantitative estimate of drug-likeness (QED) is 0.712. The number of carbonyl (C=O) groups excluding carboxylic acids is 1. The number of carbonyl (C=O) groups is 1. The molecule has 0 amide bonds. The normalized spacial score (nSPS) is 11.2. The highest BCUT2D eigenvalue weighted by molar-refractivity contribution is 5.89. The van der Waals surface area contributed by atoms with Crippen molar-refractivity contribution in [3.8, 4) is 0 Å². The van der Waals surface area contributed by atoms with Crippen molar-refractivity contribution in [2.75, 3.05) is 13.7 Å². The zero-order chi connectivity index (χ0) is 12.7. The second kappa shape index (κ2) is 6.40. The van der Waals surface area contributed by atoms with E-state index in [1.807, 2.05) is 32.0 Å². The number of esters is 1. The van der Waals surface area contributed by atoms with Gasteiger partial charge in [-0.25, -0.2) is 4.79 Å². The van der Waals surface area contributed by atoms with E-state index >= 15 is 0 Å². The monoisotopic (exact) mass is 236 g/mol. The summed E-state index contributed by atoms with van der Waals surface area (Å²) >= 11 is 0. The van der Waals surface area contributed by atoms with E-state index in [9.17, 15) is 4.79 Å². The molecule has 0 bridgehead atoms. The first kappa shape index (κ1) is 13.7. The van der Waals surface area contributed by atoms with Crippen LogP contribution in [0.1, 0.15) is 37.0 Å². The Hall–Kier alpha value is -1.35. The molecule has 0 unspecified atom stereocenters. The molecule has 0 N–H and O–H groups in total. The van der Waals surface area contributed by atoms with Crippen molar-refractivity contribution in [3.05, 3.63) is 35.9 Å². The van der Waals surface area contributed by atoms with Gasteiger partial charge in [-0.1, -0.05) is 32.0 Å². The number of benzene rings is 1. The van der Waals surface area contributed by atoms with Gasteiger partial charge in [-0.2, -0.15) is 0 Å². The predicted octanol–water partition coefficient (Wildman–Crippen LogP) is 3.05. The van der Waals surface area contributed by atoms with Crippen LogP contribution in [0.3, 0.4) is 0 Å². The van der Waals surface area contributed by atoms with Gasteiger partial charge < -0.3 is 9.47 Å². The molecule has 0 spiro atoms. The van der Waals surface area contributed by atoms with E-state index in [0.29, 0.717) is 12.2 Å². The van der Waals surface area contributed by atoms with E-state index in [1.54, 1.807) is 19.2 Å². The minimum absolute atomic E-state index is 0.286. The first-order valence-corrected chi connectivity index (χ1v) is 5.94. The van der Waals surface area contributed by atoms with Crippen molar-refractivity contribution < 1.29 is 14.3 Å². The average molecular weight is 236 g/mol. The molecule has 0 radical (unpaired) electrons. The molecule has 1 aromatic carbocycles. The number of rotatable bonds is 6. The third-order valence-corrected chi connectivity index (χ3v) is 3.01. The summed E-state index contributed by atoms with van der Waals surface area (Å²) in [6, 6.07) is 9.04. The largest absolute Gasteiger partial charge is 0.453 e. The molecule has 3 heteroatoms. The van der Waals surface area contributed by atoms with Crippen LogP contribution in [0.2, 0.25) is 0 Å². The second-order valence-electron chi connectivity index (χ2n) is 4.08. The van der Waals surface area contributed by atoms with Crippen LogP contribution in [-0.4, -0.2) is 25.3 Å². The predicted molar refractivity (Wildman–Crippen MR) is 67.0 cm³/mol. The fraction of sp³-hybridized carbons (Fsp3) is 0.500. The Morgan fingerprint density at radius 2 is 1.76 bits per heavy atom. The molecule has 0 heterocycles. The van der Waals surface area contributed by atoms with Crippen LogP contribution in [0.5, 0.6) is 0 Å². The zero-order valence-corrected chi connectivity index (χ0v) is 10.7. The lowest BCUT2D eigenvalue weighted by atomic mass is 9.98. The molecule has 1 rings (SSSR count). The first-order chi connectivity index (χ1) is 8.17. The van der Waals surface area contributed by atoms with Crippen molar-refractivity contribution >= 4 is 5.97 Å². The number of ether oxygens (including phenoxy) is 2. The summed E-state index contributed by atoms with van der Waals surface area (Å²) in [5.41, 5.74) is 0.0664. The summed E-state index contributed by atoms with van der Waals surface area (Å²) in [4.78, 5) is 12.0. The average Bonchev–Trinajstić information content (AvgIpc) is 2.39. The lowest BCUT2D eigenvalue weighted by Crippen LogP contribution is -2.38. The molecule has 0 fully saturated rings. The van der Waals surface area contributed by atoms with Gasteiger partial charge in [0.05, 0.1) is 12.2 Å². The van der Waals surface area contributed by atoms with Crippen LogP contribution in [0, 0.1) is 0 Å². The third-order valence-electron chi connectivity index (χ3n) is 3.01. The molecular weight excluding hydrogens is 216 g/mol. The van der Waals surface area contributed by atoms with Crippen LogP contribution in [0.4, 0.5) is 0 Å². The molecule has 94 valence electrons. The topological polar surface area (TPSA) is 35.5 Å². The fourth-order valence-electron chi connectivity index (χ4n) is 1.72. The molecule has 0 saturated heterocycles. The Balaban J connectivity index is 2.77. The van der Waals surface area contributed by atoms with Crippen molar-refractivity contribution in [2.45, 2.75) is 32.3 Å². The van der Waals surface area contributed by atoms with Crippen LogP contribution in [0.25, 0.3) is 0 Å². The third kappa shape index (κ3) is 3.56. The van der Waals surface area contributed by atoms with E-state index in [-0.39, 0.29) is 5.97 Å². The van der Waals surface area contributed by atoms with E-state index in [1.165, 1.54) is 0 Å². The summed E-state index contributed by atoms with van der Waals surface area (Å²) in [7, 11) is 1.62. The van der Waals surface area contributed by atoms with Crippen LogP contribution in [-0.2, 0) is 9.47 Å². The summed E-state index contributed by atoms with van der Waals surface area (Å²) in [5, 5.41) is 0. The molecule has 0 aliphatic rings. The Morgan fingerprint density at radius 1 is 1.18 bits per heavy atom. The molecule has 0 aliphatic carbocycles. The van der Waals surface area contributed by atoms with Gasteiger partial charge in [-0.3, -0.25) is 0 Å². The Labute approximate surface area is 103 Å². The highest BCUT2D eigenvalue weighted by Gasteiger charge is 2.31. The fourth-order valence-corrected chi connectivity index (χ4v) is 1.72. The van der Waals surface area contributed by atoms with E-state index in [2.05, 4.69) is 0 Å². The Kier molecular flexibility index (Phi) is 5.16. The number of hydrogen-bond donors (Lipinski definition) is 0. The van der Waals surface area contributed by atoms with Gasteiger partial charge in [-0.05, 0) is 25.0 Å². The minimum Gasteiger partial charge on any atom is -0.453 e. The number of methoxy groups -OCH3 is 1. The molecule has 0 saturated carbocycles. The highest BCUT2D eigenvalue weighted by atomic mass is 16.6. The van der Waals surface area contributed by atoms with Crippen molar-refractivity contribution in [1.82, 2.24) is 0 Å². The maximum absolute atomic E-state index is 12.0. The van der Waals surface area contributed by atoms with Crippen LogP contribution < -0.4 is 0 Å². The van der Waals surface area contributed by atoms with Gasteiger partial charge in [0.2, 0.25) is 0 Å². The van der Waals surface area contributed by atoms with Crippen LogP contribution in [0.15, 0.2) is 30.3 Å². The van der Waals surface area contributed by atoms with E-state index in [0.717, 1.165) is 12.8 Å². The minimum atomic E-state index is -0.512. The summed E-state index contributed by atoms with van der Waals surface area (Å²) < 4.78 is 10.7. The van der Waals surface area contributed by atoms with Crippen molar-refractivity contribution in [2.24, 2.45) is 0 Å². The second-order valence-corrected chi connectivity index (χ2v) is 4.08. The standard InChI is InChI=1S/C14H20O3/c1-4-14(5-2,11-16-3)17-13(15)12-9-7-6-8-10-12/h6-10H,4-5,11H2,1-3H3. The van der Waals surface area contributed by atoms with Gasteiger partial charge in [-0.15, -0.1) is 0 Å². The lowest BCUT2D eigenvalue weighted by Gasteiger charge is -2.30. The summed E-state index contributed by atoms with van der Waals surface area (Å²) in [6.45, 7) is 4.43. The van der Waals surface area contributed by atoms with Gasteiger partial charge in [0.1, 0.15) is 5.60 Å². The van der Waals surface area contributed by atoms with Crippen molar-refractivity contribution in [3.63, 3.8) is 0 Å². The molecule has 1 aromatic rings. The first-order valence-electron chi connectivity index (χ1n) is 5.94. The summed E-state index contributed by atoms with van der Waals surface area (Å²) in [6.07, 6.45) is 1.49. The van der Waals surface area contributed by atoms with E-state index in [4.69, 9.17) is 9.47 Å². The van der Waals surface area contributed by atoms with Gasteiger partial charge >= 0.3 is 5.97 Å². The lowest BCUT2D eigenvalue weighted by molar-refractivity contribution is -0.0611. The van der Waals surface area contributed by atoms with Gasteiger partial charge in [0, 0.05) is 7.11 Å². The molecule has 0 atom stereocenters. The molecular formula is C14H20O3. The molecule has 0 aliphatic heterocycles. The zero-order valence-electron chi connectivity index (χ0n) is 10.7. The maximum atomic E-state index is 12.0. The number of hydrogen-bond acceptors (Lipinski definition) is 3.